The molecule has 1 fully saturated rings. The van der Waals surface area contributed by atoms with Crippen LogP contribution in [0.25, 0.3) is 0 Å². The quantitative estimate of drug-likeness (QED) is 0.558. The van der Waals surface area contributed by atoms with Crippen LogP contribution in [0.15, 0.2) is 24.3 Å². The molecule has 1 amide bonds. The number of likely N-dealkylation sites (N-methyl/N-ethyl adjacent to an activating group) is 1. The van der Waals surface area contributed by atoms with Crippen LogP contribution in [-0.4, -0.2) is 48.9 Å². The number of carbonyl (C=O) groups excluding carboxylic acids is 2. The van der Waals surface area contributed by atoms with Crippen molar-refractivity contribution in [3.05, 3.63) is 29.8 Å². The van der Waals surface area contributed by atoms with Gasteiger partial charge in [-0.05, 0) is 63.5 Å². The fraction of sp³-hybridized carbons (Fsp3) is 0.579. The summed E-state index contributed by atoms with van der Waals surface area (Å²) in [4.78, 5) is 25.5. The highest BCUT2D eigenvalue weighted by Crippen LogP contribution is 2.16. The van der Waals surface area contributed by atoms with Crippen LogP contribution in [0.5, 0.6) is 5.75 Å². The topological polar surface area (TPSA) is 58.6 Å². The van der Waals surface area contributed by atoms with Crippen LogP contribution in [0.3, 0.4) is 0 Å². The molecule has 5 heteroatoms. The van der Waals surface area contributed by atoms with Crippen LogP contribution in [0.2, 0.25) is 0 Å². The van der Waals surface area contributed by atoms with Crippen LogP contribution in [0, 0.1) is 0 Å². The Balaban J connectivity index is 1.59. The van der Waals surface area contributed by atoms with E-state index < -0.39 is 0 Å². The molecule has 1 atom stereocenters. The normalized spacial score (nSPS) is 17.7. The van der Waals surface area contributed by atoms with Crippen molar-refractivity contribution in [3.63, 3.8) is 0 Å². The zero-order valence-corrected chi connectivity index (χ0v) is 14.7. The van der Waals surface area contributed by atoms with Crippen molar-refractivity contribution < 1.29 is 14.3 Å². The van der Waals surface area contributed by atoms with Gasteiger partial charge in [0, 0.05) is 24.6 Å². The molecule has 1 saturated heterocycles. The molecule has 2 rings (SSSR count). The predicted molar refractivity (Wildman–Crippen MR) is 94.5 cm³/mol. The van der Waals surface area contributed by atoms with Crippen molar-refractivity contribution >= 4 is 11.7 Å². The second kappa shape index (κ2) is 9.42. The average molecular weight is 332 g/mol. The van der Waals surface area contributed by atoms with Crippen molar-refractivity contribution in [2.24, 2.45) is 0 Å². The summed E-state index contributed by atoms with van der Waals surface area (Å²) in [6.07, 6.45) is 3.56. The van der Waals surface area contributed by atoms with Gasteiger partial charge >= 0.3 is 0 Å². The highest BCUT2D eigenvalue weighted by atomic mass is 16.5. The first-order chi connectivity index (χ1) is 11.6. The maximum absolute atomic E-state index is 11.9. The van der Waals surface area contributed by atoms with E-state index in [2.05, 4.69) is 17.1 Å². The van der Waals surface area contributed by atoms with Gasteiger partial charge in [-0.2, -0.15) is 0 Å². The molecule has 0 radical (unpaired) electrons. The second-order valence-electron chi connectivity index (χ2n) is 6.26. The Kier molecular flexibility index (Phi) is 7.25. The Bertz CT molecular complexity index is 542. The number of benzene rings is 1. The van der Waals surface area contributed by atoms with Crippen molar-refractivity contribution in [1.29, 1.82) is 0 Å². The summed E-state index contributed by atoms with van der Waals surface area (Å²) in [5.41, 5.74) is 0.676. The number of ketones is 1. The van der Waals surface area contributed by atoms with Gasteiger partial charge in [-0.25, -0.2) is 0 Å². The van der Waals surface area contributed by atoms with Gasteiger partial charge in [0.2, 0.25) is 5.91 Å². The standard InChI is InChI=1S/C19H28N2O3/c1-3-21-12-4-6-17(21)14-20-19(23)7-5-13-24-18-10-8-16(9-11-18)15(2)22/h8-11,17H,3-7,12-14H2,1-2H3,(H,20,23). The van der Waals surface area contributed by atoms with E-state index in [9.17, 15) is 9.59 Å². The lowest BCUT2D eigenvalue weighted by molar-refractivity contribution is -0.121. The first kappa shape index (κ1) is 18.5. The zero-order chi connectivity index (χ0) is 17.4. The van der Waals surface area contributed by atoms with E-state index >= 15 is 0 Å². The van der Waals surface area contributed by atoms with E-state index in [0.29, 0.717) is 31.1 Å². The van der Waals surface area contributed by atoms with Gasteiger partial charge in [0.25, 0.3) is 0 Å². The monoisotopic (exact) mass is 332 g/mol. The molecular formula is C19H28N2O3. The Morgan fingerprint density at radius 1 is 1.29 bits per heavy atom. The van der Waals surface area contributed by atoms with Crippen molar-refractivity contribution in [3.8, 4) is 5.75 Å². The van der Waals surface area contributed by atoms with Crippen molar-refractivity contribution in [2.75, 3.05) is 26.2 Å². The number of likely N-dealkylation sites (tertiary alicyclic amines) is 1. The summed E-state index contributed by atoms with van der Waals surface area (Å²) >= 11 is 0. The third-order valence-electron chi connectivity index (χ3n) is 4.52. The van der Waals surface area contributed by atoms with Crippen LogP contribution in [0.4, 0.5) is 0 Å². The van der Waals surface area contributed by atoms with E-state index in [1.54, 1.807) is 31.2 Å². The molecule has 1 N–H and O–H groups in total. The number of Topliss-reactive ketones (excluding diaryl/α,β-unsaturated/α-hetero) is 1. The summed E-state index contributed by atoms with van der Waals surface area (Å²) in [7, 11) is 0. The minimum absolute atomic E-state index is 0.0436. The molecule has 132 valence electrons. The van der Waals surface area contributed by atoms with E-state index in [1.165, 1.54) is 12.8 Å². The first-order valence-corrected chi connectivity index (χ1v) is 8.84. The Labute approximate surface area is 144 Å². The SMILES string of the molecule is CCN1CCCC1CNC(=O)CCCOc1ccc(C(C)=O)cc1. The molecule has 1 unspecified atom stereocenters. The number of hydrogen-bond acceptors (Lipinski definition) is 4. The molecule has 1 aromatic carbocycles. The van der Waals surface area contributed by atoms with Gasteiger partial charge in [-0.3, -0.25) is 14.5 Å². The molecular weight excluding hydrogens is 304 g/mol. The molecule has 5 nitrogen and oxygen atoms in total. The summed E-state index contributed by atoms with van der Waals surface area (Å²) in [5, 5.41) is 3.03. The third kappa shape index (κ3) is 5.64. The highest BCUT2D eigenvalue weighted by molar-refractivity contribution is 5.94. The van der Waals surface area contributed by atoms with Gasteiger partial charge in [-0.15, -0.1) is 0 Å². The Hall–Kier alpha value is -1.88. The fourth-order valence-electron chi connectivity index (χ4n) is 3.07. The first-order valence-electron chi connectivity index (χ1n) is 8.84. The van der Waals surface area contributed by atoms with Gasteiger partial charge in [0.1, 0.15) is 5.75 Å². The van der Waals surface area contributed by atoms with Gasteiger partial charge < -0.3 is 10.1 Å². The predicted octanol–water partition coefficient (Wildman–Crippen LogP) is 2.65. The van der Waals surface area contributed by atoms with Crippen LogP contribution < -0.4 is 10.1 Å². The van der Waals surface area contributed by atoms with E-state index in [4.69, 9.17) is 4.74 Å². The Morgan fingerprint density at radius 2 is 2.04 bits per heavy atom. The van der Waals surface area contributed by atoms with Crippen LogP contribution >= 0.6 is 0 Å². The number of hydrogen-bond donors (Lipinski definition) is 1. The molecule has 24 heavy (non-hydrogen) atoms. The second-order valence-corrected chi connectivity index (χ2v) is 6.26. The van der Waals surface area contributed by atoms with Crippen molar-refractivity contribution in [2.45, 2.75) is 45.6 Å². The van der Waals surface area contributed by atoms with E-state index in [0.717, 1.165) is 25.4 Å². The third-order valence-corrected chi connectivity index (χ3v) is 4.52. The molecule has 0 aromatic heterocycles. The summed E-state index contributed by atoms with van der Waals surface area (Å²) < 4.78 is 5.60. The fourth-order valence-corrected chi connectivity index (χ4v) is 3.07. The molecule has 1 aromatic rings. The number of nitrogens with one attached hydrogen (secondary N) is 1. The molecule has 1 heterocycles. The molecule has 1 aliphatic rings. The van der Waals surface area contributed by atoms with E-state index in [-0.39, 0.29) is 11.7 Å². The van der Waals surface area contributed by atoms with Gasteiger partial charge in [-0.1, -0.05) is 6.92 Å². The summed E-state index contributed by atoms with van der Waals surface area (Å²) in [5.74, 6) is 0.862. The average Bonchev–Trinajstić information content (AvgIpc) is 3.05. The van der Waals surface area contributed by atoms with Gasteiger partial charge in [0.05, 0.1) is 6.61 Å². The number of amides is 1. The summed E-state index contributed by atoms with van der Waals surface area (Å²) in [6.45, 7) is 7.15. The molecule has 0 aliphatic carbocycles. The summed E-state index contributed by atoms with van der Waals surface area (Å²) in [6, 6.07) is 7.58. The maximum Gasteiger partial charge on any atom is 0.220 e. The van der Waals surface area contributed by atoms with Gasteiger partial charge in [0.15, 0.2) is 5.78 Å². The number of nitrogens with zero attached hydrogens (tertiary/aromatic N) is 1. The Morgan fingerprint density at radius 3 is 2.71 bits per heavy atom. The number of carbonyl (C=O) groups is 2. The number of ether oxygens (including phenoxy) is 1. The smallest absolute Gasteiger partial charge is 0.220 e. The maximum atomic E-state index is 11.9. The highest BCUT2D eigenvalue weighted by Gasteiger charge is 2.22. The zero-order valence-electron chi connectivity index (χ0n) is 14.7. The lowest BCUT2D eigenvalue weighted by Gasteiger charge is -2.22. The lowest BCUT2D eigenvalue weighted by atomic mass is 10.1. The van der Waals surface area contributed by atoms with Crippen LogP contribution in [-0.2, 0) is 4.79 Å². The van der Waals surface area contributed by atoms with E-state index in [1.807, 2.05) is 0 Å². The van der Waals surface area contributed by atoms with Crippen LogP contribution in [0.1, 0.15) is 49.9 Å². The minimum atomic E-state index is 0.0436. The molecule has 0 spiro atoms. The lowest BCUT2D eigenvalue weighted by Crippen LogP contribution is -2.40. The van der Waals surface area contributed by atoms with Crippen molar-refractivity contribution in [1.82, 2.24) is 10.2 Å². The molecule has 1 aliphatic heterocycles. The largest absolute Gasteiger partial charge is 0.494 e. The molecule has 0 saturated carbocycles. The minimum Gasteiger partial charge on any atom is -0.494 e. The molecule has 0 bridgehead atoms. The number of rotatable bonds is 9.